The van der Waals surface area contributed by atoms with Crippen LogP contribution in [-0.2, 0) is 28.6 Å². The summed E-state index contributed by atoms with van der Waals surface area (Å²) in [6, 6.07) is -0.621. The van der Waals surface area contributed by atoms with Crippen LogP contribution in [0.1, 0.15) is 181 Å². The predicted molar refractivity (Wildman–Crippen MR) is 238 cm³/mol. The van der Waals surface area contributed by atoms with Crippen molar-refractivity contribution in [3.63, 3.8) is 0 Å². The number of quaternary nitrogens is 1. The molecular weight excluding hydrogens is 715 g/mol. The van der Waals surface area contributed by atoms with Crippen molar-refractivity contribution < 1.29 is 38.2 Å². The lowest BCUT2D eigenvalue weighted by molar-refractivity contribution is -0.887. The van der Waals surface area contributed by atoms with Crippen molar-refractivity contribution in [1.82, 2.24) is 0 Å². The van der Waals surface area contributed by atoms with Crippen LogP contribution in [0.15, 0.2) is 60.8 Å². The second-order valence-electron chi connectivity index (χ2n) is 16.3. The van der Waals surface area contributed by atoms with E-state index in [0.717, 1.165) is 64.2 Å². The van der Waals surface area contributed by atoms with Gasteiger partial charge in [-0.15, -0.1) is 0 Å². The van der Waals surface area contributed by atoms with Gasteiger partial charge in [-0.05, 0) is 64.2 Å². The fourth-order valence-corrected chi connectivity index (χ4v) is 6.34. The van der Waals surface area contributed by atoms with E-state index in [0.29, 0.717) is 19.3 Å². The molecule has 0 aliphatic heterocycles. The van der Waals surface area contributed by atoms with Crippen LogP contribution in [0.25, 0.3) is 0 Å². The van der Waals surface area contributed by atoms with Gasteiger partial charge >= 0.3 is 17.9 Å². The molecule has 0 saturated heterocycles. The number of hydrogen-bond donors (Lipinski definition) is 1. The molecule has 8 nitrogen and oxygen atoms in total. The normalized spacial score (nSPS) is 13.5. The number of carbonyl (C=O) groups is 3. The summed E-state index contributed by atoms with van der Waals surface area (Å²) in [7, 11) is 5.51. The zero-order valence-corrected chi connectivity index (χ0v) is 37.3. The zero-order valence-electron chi connectivity index (χ0n) is 37.3. The lowest BCUT2D eigenvalue weighted by Gasteiger charge is -2.31. The quantitative estimate of drug-likeness (QED) is 0.0285. The Kier molecular flexibility index (Phi) is 37.8. The van der Waals surface area contributed by atoms with Crippen LogP contribution < -0.4 is 0 Å². The van der Waals surface area contributed by atoms with E-state index >= 15 is 0 Å². The molecule has 1 N–H and O–H groups in total. The SMILES string of the molecule is CCCCC/C=C/C/C=C/C/C=C/C/C=C/C/C=C/CCCCC(=O)OCC(COCCC(C(=O)O)[N+](C)(C)C)OC(=O)CCCCCCCCCCCCCC. The highest BCUT2D eigenvalue weighted by atomic mass is 16.6. The van der Waals surface area contributed by atoms with Crippen molar-refractivity contribution in [3.05, 3.63) is 60.8 Å². The number of aliphatic carboxylic acids is 1. The van der Waals surface area contributed by atoms with Crippen LogP contribution in [0, 0.1) is 0 Å². The van der Waals surface area contributed by atoms with Crippen LogP contribution in [0.4, 0.5) is 0 Å². The van der Waals surface area contributed by atoms with E-state index in [4.69, 9.17) is 14.2 Å². The number of likely N-dealkylation sites (N-methyl/N-ethyl adjacent to an activating group) is 1. The van der Waals surface area contributed by atoms with Crippen molar-refractivity contribution in [2.75, 3.05) is 41.0 Å². The first kappa shape index (κ1) is 54.0. The summed E-state index contributed by atoms with van der Waals surface area (Å²) in [4.78, 5) is 37.0. The van der Waals surface area contributed by atoms with E-state index in [1.54, 1.807) is 0 Å². The molecular formula is C49H86NO7+. The Hall–Kier alpha value is -2.97. The fourth-order valence-electron chi connectivity index (χ4n) is 6.34. The summed E-state index contributed by atoms with van der Waals surface area (Å²) in [5.41, 5.74) is 0. The van der Waals surface area contributed by atoms with Gasteiger partial charge < -0.3 is 23.8 Å². The Morgan fingerprint density at radius 3 is 1.40 bits per heavy atom. The molecule has 0 aliphatic rings. The number of allylic oxidation sites excluding steroid dienone is 10. The Morgan fingerprint density at radius 2 is 0.930 bits per heavy atom. The van der Waals surface area contributed by atoms with Gasteiger partial charge in [-0.2, -0.15) is 0 Å². The van der Waals surface area contributed by atoms with Crippen LogP contribution >= 0.6 is 0 Å². The molecule has 2 unspecified atom stereocenters. The third-order valence-electron chi connectivity index (χ3n) is 9.92. The van der Waals surface area contributed by atoms with Gasteiger partial charge in [0.25, 0.3) is 0 Å². The number of unbranched alkanes of at least 4 members (excludes halogenated alkanes) is 16. The van der Waals surface area contributed by atoms with E-state index < -0.39 is 18.1 Å². The first-order chi connectivity index (χ1) is 27.6. The summed E-state index contributed by atoms with van der Waals surface area (Å²) in [6.45, 7) is 4.65. The van der Waals surface area contributed by atoms with E-state index in [2.05, 4.69) is 74.6 Å². The number of carboxylic acid groups (broad SMARTS) is 1. The molecule has 0 amide bonds. The van der Waals surface area contributed by atoms with Crippen molar-refractivity contribution in [3.8, 4) is 0 Å². The van der Waals surface area contributed by atoms with Crippen LogP contribution in [0.2, 0.25) is 0 Å². The minimum absolute atomic E-state index is 0.0468. The van der Waals surface area contributed by atoms with Gasteiger partial charge in [0, 0.05) is 19.3 Å². The first-order valence-corrected chi connectivity index (χ1v) is 22.8. The summed E-state index contributed by atoms with van der Waals surface area (Å²) in [6.07, 6.45) is 48.3. The molecule has 0 bridgehead atoms. The topological polar surface area (TPSA) is 99.1 Å². The van der Waals surface area contributed by atoms with Crippen molar-refractivity contribution in [2.45, 2.75) is 193 Å². The third kappa shape index (κ3) is 38.3. The fraction of sp³-hybridized carbons (Fsp3) is 0.735. The van der Waals surface area contributed by atoms with E-state index in [-0.39, 0.29) is 36.2 Å². The highest BCUT2D eigenvalue weighted by Gasteiger charge is 2.31. The molecule has 0 spiro atoms. The van der Waals surface area contributed by atoms with Gasteiger partial charge in [-0.3, -0.25) is 9.59 Å². The maximum absolute atomic E-state index is 12.7. The van der Waals surface area contributed by atoms with Crippen molar-refractivity contribution in [2.24, 2.45) is 0 Å². The number of rotatable bonds is 40. The molecule has 0 aromatic rings. The van der Waals surface area contributed by atoms with Crippen molar-refractivity contribution >= 4 is 17.9 Å². The second kappa shape index (κ2) is 39.8. The lowest BCUT2D eigenvalue weighted by Crippen LogP contribution is -2.50. The molecule has 0 radical (unpaired) electrons. The maximum Gasteiger partial charge on any atom is 0.362 e. The number of esters is 2. The molecule has 0 heterocycles. The standard InChI is InChI=1S/C49H85NO7/c1-6-8-10-12-14-16-18-20-21-22-23-24-25-26-27-28-30-31-33-35-37-39-47(51)56-44-45(43-55-42-41-46(49(53)54)50(3,4)5)57-48(52)40-38-36-34-32-29-19-17-15-13-11-9-7-2/h14,16,20-21,23-24,26-27,30-31,45-46H,6-13,15,17-19,22,25,28-29,32-44H2,1-5H3/p+1/b16-14+,21-20+,24-23+,27-26+,31-30+. The zero-order chi connectivity index (χ0) is 42.1. The average Bonchev–Trinajstić information content (AvgIpc) is 3.17. The average molecular weight is 801 g/mol. The summed E-state index contributed by atoms with van der Waals surface area (Å²) >= 11 is 0. The highest BCUT2D eigenvalue weighted by molar-refractivity contribution is 5.72. The van der Waals surface area contributed by atoms with E-state index in [1.165, 1.54) is 83.5 Å². The van der Waals surface area contributed by atoms with Gasteiger partial charge in [0.2, 0.25) is 0 Å². The number of hydrogen-bond acceptors (Lipinski definition) is 6. The lowest BCUT2D eigenvalue weighted by atomic mass is 10.0. The molecule has 2 atom stereocenters. The molecule has 0 fully saturated rings. The number of nitrogens with zero attached hydrogens (tertiary/aromatic N) is 1. The maximum atomic E-state index is 12.7. The Bertz CT molecular complexity index is 1120. The molecule has 0 aromatic carbocycles. The van der Waals surface area contributed by atoms with Crippen LogP contribution in [-0.4, -0.2) is 80.6 Å². The number of carboxylic acids is 1. The summed E-state index contributed by atoms with van der Waals surface area (Å²) in [5.74, 6) is -1.52. The van der Waals surface area contributed by atoms with E-state index in [1.807, 2.05) is 21.1 Å². The number of ether oxygens (including phenoxy) is 3. The summed E-state index contributed by atoms with van der Waals surface area (Å²) in [5, 5.41) is 9.62. The minimum atomic E-state index is -0.882. The molecule has 0 rings (SSSR count). The van der Waals surface area contributed by atoms with E-state index in [9.17, 15) is 19.5 Å². The largest absolute Gasteiger partial charge is 0.477 e. The number of carbonyl (C=O) groups excluding carboxylic acids is 2. The third-order valence-corrected chi connectivity index (χ3v) is 9.92. The Balaban J connectivity index is 4.38. The summed E-state index contributed by atoms with van der Waals surface area (Å²) < 4.78 is 17.2. The molecule has 0 saturated carbocycles. The smallest absolute Gasteiger partial charge is 0.362 e. The molecule has 328 valence electrons. The van der Waals surface area contributed by atoms with Crippen LogP contribution in [0.5, 0.6) is 0 Å². The Labute approximate surface area is 349 Å². The second-order valence-corrected chi connectivity index (χ2v) is 16.3. The van der Waals surface area contributed by atoms with Gasteiger partial charge in [-0.25, -0.2) is 4.79 Å². The molecule has 57 heavy (non-hydrogen) atoms. The van der Waals surface area contributed by atoms with Gasteiger partial charge in [0.05, 0.1) is 34.4 Å². The monoisotopic (exact) mass is 801 g/mol. The molecule has 0 aliphatic carbocycles. The van der Waals surface area contributed by atoms with Crippen LogP contribution in [0.3, 0.4) is 0 Å². The molecule has 0 aromatic heterocycles. The Morgan fingerprint density at radius 1 is 0.526 bits per heavy atom. The highest BCUT2D eigenvalue weighted by Crippen LogP contribution is 2.14. The van der Waals surface area contributed by atoms with Crippen molar-refractivity contribution in [1.29, 1.82) is 0 Å². The molecule has 8 heteroatoms. The van der Waals surface area contributed by atoms with Gasteiger partial charge in [-0.1, -0.05) is 158 Å². The van der Waals surface area contributed by atoms with Gasteiger partial charge in [0.1, 0.15) is 6.61 Å². The minimum Gasteiger partial charge on any atom is -0.477 e. The predicted octanol–water partition coefficient (Wildman–Crippen LogP) is 12.6. The van der Waals surface area contributed by atoms with Gasteiger partial charge in [0.15, 0.2) is 12.1 Å². The first-order valence-electron chi connectivity index (χ1n) is 22.8.